The molecule has 1 heterocycles. The normalized spacial score (nSPS) is 6.50. The molecular weight excluding hydrogens is 106 g/mol. The number of carbonyl (C=O) groups excluding carboxylic acids is 1. The first kappa shape index (κ1) is 6.68. The number of carbonyl (C=O) groups is 1. The molecule has 1 rings (SSSR count). The number of hydrogen-bond donors (Lipinski definition) is 2. The van der Waals surface area contributed by atoms with Crippen LogP contribution in [-0.4, -0.2) is 16.6 Å². The predicted octanol–water partition coefficient (Wildman–Crippen LogP) is -0.489. The van der Waals surface area contributed by atoms with Crippen molar-refractivity contribution in [1.29, 1.82) is 0 Å². The van der Waals surface area contributed by atoms with Crippen LogP contribution < -0.4 is 5.73 Å². The van der Waals surface area contributed by atoms with Crippen LogP contribution in [0.2, 0.25) is 0 Å². The molecule has 0 unspecified atom stereocenters. The Morgan fingerprint density at radius 1 is 1.75 bits per heavy atom. The molecule has 44 valence electrons. The van der Waals surface area contributed by atoms with E-state index >= 15 is 0 Å². The highest BCUT2D eigenvalue weighted by Gasteiger charge is 1.56. The zero-order valence-corrected chi connectivity index (χ0v) is 4.24. The molecule has 0 radical (unpaired) electrons. The van der Waals surface area contributed by atoms with Crippen molar-refractivity contribution < 1.29 is 4.79 Å². The lowest BCUT2D eigenvalue weighted by molar-refractivity contribution is -0.106. The Bertz CT molecular complexity index is 97.6. The van der Waals surface area contributed by atoms with Gasteiger partial charge in [0.05, 0.1) is 0 Å². The molecule has 3 N–H and O–H groups in total. The van der Waals surface area contributed by atoms with Crippen molar-refractivity contribution in [2.45, 2.75) is 0 Å². The average Bonchev–Trinajstić information content (AvgIpc) is 2.17. The van der Waals surface area contributed by atoms with Gasteiger partial charge in [0.25, 0.3) is 0 Å². The van der Waals surface area contributed by atoms with E-state index in [4.69, 9.17) is 4.79 Å². The second-order valence-electron chi connectivity index (χ2n) is 0.902. The molecule has 0 saturated carbocycles. The van der Waals surface area contributed by atoms with E-state index in [0.717, 1.165) is 0 Å². The summed E-state index contributed by atoms with van der Waals surface area (Å²) in [4.78, 5) is 8.58. The molecule has 0 fully saturated rings. The Morgan fingerprint density at radius 3 is 2.50 bits per heavy atom. The van der Waals surface area contributed by atoms with Crippen molar-refractivity contribution in [2.24, 2.45) is 5.73 Å². The second-order valence-corrected chi connectivity index (χ2v) is 0.902. The van der Waals surface area contributed by atoms with Crippen molar-refractivity contribution >= 4 is 6.41 Å². The molecule has 0 saturated heterocycles. The van der Waals surface area contributed by atoms with Gasteiger partial charge in [-0.1, -0.05) is 0 Å². The van der Waals surface area contributed by atoms with Crippen LogP contribution in [0.15, 0.2) is 18.5 Å². The Labute approximate surface area is 46.7 Å². The number of aromatic amines is 1. The number of hydrogen-bond acceptors (Lipinski definition) is 2. The first-order valence-electron chi connectivity index (χ1n) is 2.01. The molecule has 4 nitrogen and oxygen atoms in total. The second kappa shape index (κ2) is 5.68. The van der Waals surface area contributed by atoms with E-state index in [2.05, 4.69) is 15.9 Å². The molecule has 0 aromatic carbocycles. The van der Waals surface area contributed by atoms with Gasteiger partial charge in [-0.25, -0.2) is 0 Å². The first-order valence-corrected chi connectivity index (χ1v) is 2.01. The third kappa shape index (κ3) is 4.68. The molecule has 8 heavy (non-hydrogen) atoms. The highest BCUT2D eigenvalue weighted by molar-refractivity contribution is 5.42. The minimum absolute atomic E-state index is 0.250. The quantitative estimate of drug-likeness (QED) is 0.445. The van der Waals surface area contributed by atoms with Crippen LogP contribution in [0.1, 0.15) is 0 Å². The highest BCUT2D eigenvalue weighted by Crippen LogP contribution is 1.64. The molecule has 0 aliphatic carbocycles. The number of aromatic nitrogens is 2. The number of nitrogens with two attached hydrogens (primary N) is 1. The monoisotopic (exact) mass is 113 g/mol. The summed E-state index contributed by atoms with van der Waals surface area (Å²) in [5.74, 6) is 0. The van der Waals surface area contributed by atoms with E-state index in [9.17, 15) is 0 Å². The Morgan fingerprint density at radius 2 is 2.38 bits per heavy atom. The largest absolute Gasteiger partial charge is 0.372 e. The number of primary amides is 1. The highest BCUT2D eigenvalue weighted by atomic mass is 16.1. The van der Waals surface area contributed by atoms with E-state index in [1.165, 1.54) is 0 Å². The molecule has 1 amide bonds. The third-order valence-corrected chi connectivity index (χ3v) is 0.406. The molecule has 0 aliphatic rings. The summed E-state index contributed by atoms with van der Waals surface area (Å²) >= 11 is 0. The van der Waals surface area contributed by atoms with Gasteiger partial charge >= 0.3 is 0 Å². The van der Waals surface area contributed by atoms with Crippen molar-refractivity contribution in [3.63, 3.8) is 0 Å². The summed E-state index contributed by atoms with van der Waals surface area (Å²) in [6, 6.07) is 1.83. The van der Waals surface area contributed by atoms with E-state index in [-0.39, 0.29) is 6.41 Å². The summed E-state index contributed by atoms with van der Waals surface area (Å²) < 4.78 is 0. The maximum atomic E-state index is 8.58. The minimum Gasteiger partial charge on any atom is -0.372 e. The fourth-order valence-corrected chi connectivity index (χ4v) is 0.215. The van der Waals surface area contributed by atoms with Crippen molar-refractivity contribution in [1.82, 2.24) is 10.2 Å². The summed E-state index contributed by atoms with van der Waals surface area (Å²) in [6.45, 7) is 0. The van der Waals surface area contributed by atoms with Gasteiger partial charge in [-0.05, 0) is 6.07 Å². The summed E-state index contributed by atoms with van der Waals surface area (Å²) in [5.41, 5.74) is 4.17. The lowest BCUT2D eigenvalue weighted by Gasteiger charge is -1.49. The van der Waals surface area contributed by atoms with Crippen LogP contribution in [0.4, 0.5) is 0 Å². The fourth-order valence-electron chi connectivity index (χ4n) is 0.215. The van der Waals surface area contributed by atoms with Crippen molar-refractivity contribution in [3.05, 3.63) is 18.5 Å². The van der Waals surface area contributed by atoms with Gasteiger partial charge in [-0.15, -0.1) is 0 Å². The molecule has 0 bridgehead atoms. The first-order chi connectivity index (χ1) is 3.91. The number of amides is 1. The molecular formula is C4H7N3O. The van der Waals surface area contributed by atoms with Crippen LogP contribution >= 0.6 is 0 Å². The van der Waals surface area contributed by atoms with Gasteiger partial charge in [0.1, 0.15) is 0 Å². The third-order valence-electron chi connectivity index (χ3n) is 0.406. The molecule has 1 aromatic rings. The number of nitrogens with zero attached hydrogens (tertiary/aromatic N) is 1. The summed E-state index contributed by atoms with van der Waals surface area (Å²) in [5, 5.41) is 6.21. The smallest absolute Gasteiger partial charge is 0.204 e. The maximum Gasteiger partial charge on any atom is 0.204 e. The van der Waals surface area contributed by atoms with Crippen LogP contribution in [0.3, 0.4) is 0 Å². The van der Waals surface area contributed by atoms with Gasteiger partial charge in [0.15, 0.2) is 0 Å². The van der Waals surface area contributed by atoms with Crippen LogP contribution in [0.5, 0.6) is 0 Å². The Balaban J connectivity index is 0.000000145. The standard InChI is InChI=1S/C3H4N2.CH3NO/c1-2-4-5-3-1;2-1-3/h1-3H,(H,4,5);1H,(H2,2,3). The summed E-state index contributed by atoms with van der Waals surface area (Å²) in [6.07, 6.45) is 3.71. The van der Waals surface area contributed by atoms with Crippen LogP contribution in [0.25, 0.3) is 0 Å². The molecule has 4 heteroatoms. The number of nitrogens with one attached hydrogen (secondary N) is 1. The minimum atomic E-state index is 0.250. The Kier molecular flexibility index (Phi) is 4.74. The van der Waals surface area contributed by atoms with Crippen molar-refractivity contribution in [3.8, 4) is 0 Å². The van der Waals surface area contributed by atoms with Gasteiger partial charge in [-0.3, -0.25) is 9.89 Å². The van der Waals surface area contributed by atoms with Crippen molar-refractivity contribution in [2.75, 3.05) is 0 Å². The van der Waals surface area contributed by atoms with Gasteiger partial charge in [0, 0.05) is 12.4 Å². The average molecular weight is 113 g/mol. The van der Waals surface area contributed by atoms with Gasteiger partial charge in [-0.2, -0.15) is 5.10 Å². The zero-order valence-electron chi connectivity index (χ0n) is 4.24. The molecule has 0 spiro atoms. The molecule has 0 aliphatic heterocycles. The zero-order chi connectivity index (χ0) is 6.24. The molecule has 0 atom stereocenters. The predicted molar refractivity (Wildman–Crippen MR) is 28.8 cm³/mol. The Hall–Kier alpha value is -1.32. The van der Waals surface area contributed by atoms with E-state index in [1.54, 1.807) is 12.4 Å². The number of rotatable bonds is 0. The lowest BCUT2D eigenvalue weighted by Crippen LogP contribution is -1.82. The summed E-state index contributed by atoms with van der Waals surface area (Å²) in [7, 11) is 0. The van der Waals surface area contributed by atoms with Crippen LogP contribution in [-0.2, 0) is 4.79 Å². The lowest BCUT2D eigenvalue weighted by atomic mass is 10.8. The van der Waals surface area contributed by atoms with E-state index in [1.807, 2.05) is 6.07 Å². The van der Waals surface area contributed by atoms with Gasteiger partial charge < -0.3 is 5.73 Å². The fraction of sp³-hybridized carbons (Fsp3) is 0. The SMILES string of the molecule is NC=O.c1cn[nH]c1. The number of H-pyrrole nitrogens is 1. The topological polar surface area (TPSA) is 71.8 Å². The molecule has 1 aromatic heterocycles. The maximum absolute atomic E-state index is 8.58. The van der Waals surface area contributed by atoms with E-state index < -0.39 is 0 Å². The van der Waals surface area contributed by atoms with Crippen LogP contribution in [0, 0.1) is 0 Å². The van der Waals surface area contributed by atoms with Gasteiger partial charge in [0.2, 0.25) is 6.41 Å². The van der Waals surface area contributed by atoms with E-state index in [0.29, 0.717) is 0 Å².